The molecule has 0 spiro atoms. The van der Waals surface area contributed by atoms with Crippen molar-refractivity contribution in [1.29, 1.82) is 5.26 Å². The standard InChI is InChI=1S/C21H20N4O/c22-12-17-7-4-8-18(11-17)13-24-10-9-19-20(15-24)23-25(21(19)26)14-16-5-2-1-3-6-16/h1-8,11,19H,9-10,13-15H2. The molecule has 130 valence electrons. The number of hydrazone groups is 1. The molecule has 4 rings (SSSR count). The molecule has 26 heavy (non-hydrogen) atoms. The third-order valence-corrected chi connectivity index (χ3v) is 4.96. The summed E-state index contributed by atoms with van der Waals surface area (Å²) in [5, 5.41) is 15.3. The fraction of sp³-hybridized carbons (Fsp3) is 0.286. The SMILES string of the molecule is N#Cc1cccc(CN2CCC3C(=O)N(Cc4ccccc4)N=C3C2)c1. The third kappa shape index (κ3) is 3.37. The van der Waals surface area contributed by atoms with Gasteiger partial charge in [-0.15, -0.1) is 0 Å². The van der Waals surface area contributed by atoms with Gasteiger partial charge in [0.1, 0.15) is 0 Å². The minimum Gasteiger partial charge on any atom is -0.293 e. The molecule has 5 nitrogen and oxygen atoms in total. The van der Waals surface area contributed by atoms with Crippen LogP contribution >= 0.6 is 0 Å². The lowest BCUT2D eigenvalue weighted by atomic mass is 9.94. The highest BCUT2D eigenvalue weighted by Crippen LogP contribution is 2.26. The summed E-state index contributed by atoms with van der Waals surface area (Å²) in [6.45, 7) is 2.88. The van der Waals surface area contributed by atoms with Gasteiger partial charge in [0.25, 0.3) is 5.91 Å². The van der Waals surface area contributed by atoms with Crippen LogP contribution in [0.3, 0.4) is 0 Å². The van der Waals surface area contributed by atoms with E-state index < -0.39 is 0 Å². The molecule has 0 aliphatic carbocycles. The minimum atomic E-state index is -0.0691. The first kappa shape index (κ1) is 16.5. The molecule has 0 N–H and O–H groups in total. The number of fused-ring (bicyclic) bond motifs is 1. The van der Waals surface area contributed by atoms with Gasteiger partial charge in [-0.25, -0.2) is 5.01 Å². The van der Waals surface area contributed by atoms with Crippen molar-refractivity contribution in [3.8, 4) is 6.07 Å². The molecule has 1 fully saturated rings. The van der Waals surface area contributed by atoms with Crippen LogP contribution in [0.4, 0.5) is 0 Å². The van der Waals surface area contributed by atoms with Crippen molar-refractivity contribution in [2.45, 2.75) is 19.5 Å². The zero-order valence-corrected chi connectivity index (χ0v) is 14.5. The molecule has 1 atom stereocenters. The Morgan fingerprint density at radius 3 is 2.69 bits per heavy atom. The van der Waals surface area contributed by atoms with Gasteiger partial charge in [0.05, 0.1) is 29.8 Å². The van der Waals surface area contributed by atoms with Crippen molar-refractivity contribution in [3.63, 3.8) is 0 Å². The van der Waals surface area contributed by atoms with Gasteiger partial charge in [0.2, 0.25) is 0 Å². The van der Waals surface area contributed by atoms with Crippen LogP contribution < -0.4 is 0 Å². The van der Waals surface area contributed by atoms with E-state index in [-0.39, 0.29) is 11.8 Å². The Kier molecular flexibility index (Phi) is 4.51. The summed E-state index contributed by atoms with van der Waals surface area (Å²) in [4.78, 5) is 14.9. The van der Waals surface area contributed by atoms with Crippen LogP contribution in [0.5, 0.6) is 0 Å². The molecule has 1 unspecified atom stereocenters. The number of rotatable bonds is 4. The van der Waals surface area contributed by atoms with Crippen molar-refractivity contribution in [3.05, 3.63) is 71.3 Å². The maximum atomic E-state index is 12.6. The van der Waals surface area contributed by atoms with Crippen molar-refractivity contribution in [1.82, 2.24) is 9.91 Å². The highest BCUT2D eigenvalue weighted by molar-refractivity contribution is 6.09. The summed E-state index contributed by atoms with van der Waals surface area (Å²) in [6.07, 6.45) is 0.806. The zero-order chi connectivity index (χ0) is 17.9. The predicted octanol–water partition coefficient (Wildman–Crippen LogP) is 2.78. The molecular weight excluding hydrogens is 324 g/mol. The van der Waals surface area contributed by atoms with Crippen molar-refractivity contribution in [2.75, 3.05) is 13.1 Å². The van der Waals surface area contributed by atoms with E-state index in [0.717, 1.165) is 36.3 Å². The molecule has 0 saturated carbocycles. The highest BCUT2D eigenvalue weighted by Gasteiger charge is 2.39. The Morgan fingerprint density at radius 1 is 1.08 bits per heavy atom. The average molecular weight is 344 g/mol. The van der Waals surface area contributed by atoms with Crippen LogP contribution in [0.2, 0.25) is 0 Å². The second kappa shape index (κ2) is 7.11. The van der Waals surface area contributed by atoms with E-state index in [1.54, 1.807) is 5.01 Å². The molecule has 2 aromatic carbocycles. The van der Waals surface area contributed by atoms with Gasteiger partial charge in [0.15, 0.2) is 0 Å². The Balaban J connectivity index is 1.44. The summed E-state index contributed by atoms with van der Waals surface area (Å²) in [6, 6.07) is 19.8. The number of carbonyl (C=O) groups excluding carboxylic acids is 1. The van der Waals surface area contributed by atoms with Gasteiger partial charge in [-0.2, -0.15) is 10.4 Å². The fourth-order valence-electron chi connectivity index (χ4n) is 3.65. The lowest BCUT2D eigenvalue weighted by molar-refractivity contribution is -0.132. The largest absolute Gasteiger partial charge is 0.293 e. The van der Waals surface area contributed by atoms with Crippen molar-refractivity contribution in [2.24, 2.45) is 11.0 Å². The van der Waals surface area contributed by atoms with Crippen LogP contribution in [-0.2, 0) is 17.9 Å². The number of hydrogen-bond donors (Lipinski definition) is 0. The number of carbonyl (C=O) groups is 1. The molecule has 2 aromatic rings. The second-order valence-corrected chi connectivity index (χ2v) is 6.84. The smallest absolute Gasteiger partial charge is 0.251 e. The summed E-state index contributed by atoms with van der Waals surface area (Å²) >= 11 is 0. The van der Waals surface area contributed by atoms with E-state index in [1.165, 1.54) is 0 Å². The Hall–Kier alpha value is -2.97. The second-order valence-electron chi connectivity index (χ2n) is 6.84. The first-order chi connectivity index (χ1) is 12.7. The van der Waals surface area contributed by atoms with E-state index >= 15 is 0 Å². The number of nitrogens with zero attached hydrogens (tertiary/aromatic N) is 4. The van der Waals surface area contributed by atoms with Gasteiger partial charge in [0, 0.05) is 19.6 Å². The molecule has 0 radical (unpaired) electrons. The van der Waals surface area contributed by atoms with Crippen LogP contribution in [-0.4, -0.2) is 34.6 Å². The Bertz CT molecular complexity index is 884. The number of benzene rings is 2. The molecule has 1 saturated heterocycles. The van der Waals surface area contributed by atoms with Crippen molar-refractivity contribution < 1.29 is 4.79 Å². The lowest BCUT2D eigenvalue weighted by Gasteiger charge is -2.29. The van der Waals surface area contributed by atoms with Gasteiger partial charge < -0.3 is 0 Å². The first-order valence-corrected chi connectivity index (χ1v) is 8.87. The molecule has 0 bridgehead atoms. The molecule has 1 amide bonds. The van der Waals surface area contributed by atoms with Crippen LogP contribution in [0.25, 0.3) is 0 Å². The minimum absolute atomic E-state index is 0.0691. The predicted molar refractivity (Wildman–Crippen MR) is 99.0 cm³/mol. The van der Waals surface area contributed by atoms with Gasteiger partial charge in [-0.05, 0) is 29.7 Å². The van der Waals surface area contributed by atoms with Crippen LogP contribution in [0.15, 0.2) is 59.7 Å². The summed E-state index contributed by atoms with van der Waals surface area (Å²) in [5.41, 5.74) is 3.86. The topological polar surface area (TPSA) is 59.7 Å². The Morgan fingerprint density at radius 2 is 1.88 bits per heavy atom. The van der Waals surface area contributed by atoms with E-state index in [2.05, 4.69) is 16.1 Å². The monoisotopic (exact) mass is 344 g/mol. The molecule has 2 aliphatic rings. The van der Waals surface area contributed by atoms with Gasteiger partial charge in [-0.3, -0.25) is 9.69 Å². The van der Waals surface area contributed by atoms with E-state index in [1.807, 2.05) is 54.6 Å². The number of piperidine rings is 1. The number of nitriles is 1. The summed E-state index contributed by atoms with van der Waals surface area (Å²) < 4.78 is 0. The third-order valence-electron chi connectivity index (χ3n) is 4.96. The van der Waals surface area contributed by atoms with Gasteiger partial charge in [-0.1, -0.05) is 42.5 Å². The van der Waals surface area contributed by atoms with E-state index in [0.29, 0.717) is 18.7 Å². The molecule has 2 aliphatic heterocycles. The van der Waals surface area contributed by atoms with Crippen LogP contribution in [0, 0.1) is 17.2 Å². The molecule has 5 heteroatoms. The fourth-order valence-corrected chi connectivity index (χ4v) is 3.65. The maximum Gasteiger partial charge on any atom is 0.251 e. The molecular formula is C21H20N4O. The van der Waals surface area contributed by atoms with Gasteiger partial charge >= 0.3 is 0 Å². The van der Waals surface area contributed by atoms with Crippen molar-refractivity contribution >= 4 is 11.6 Å². The lowest BCUT2D eigenvalue weighted by Crippen LogP contribution is -2.41. The van der Waals surface area contributed by atoms with E-state index in [4.69, 9.17) is 5.26 Å². The average Bonchev–Trinajstić information content (AvgIpc) is 2.98. The van der Waals surface area contributed by atoms with E-state index in [9.17, 15) is 4.79 Å². The number of amides is 1. The summed E-state index contributed by atoms with van der Waals surface area (Å²) in [5.74, 6) is 0.0513. The number of likely N-dealkylation sites (tertiary alicyclic amines) is 1. The summed E-state index contributed by atoms with van der Waals surface area (Å²) in [7, 11) is 0. The zero-order valence-electron chi connectivity index (χ0n) is 14.5. The van der Waals surface area contributed by atoms with Crippen LogP contribution in [0.1, 0.15) is 23.1 Å². The highest BCUT2D eigenvalue weighted by atomic mass is 16.2. The quantitative estimate of drug-likeness (QED) is 0.857. The normalized spacial score (nSPS) is 19.8. The first-order valence-electron chi connectivity index (χ1n) is 8.87. The maximum absolute atomic E-state index is 12.6. The Labute approximate surface area is 153 Å². The molecule has 2 heterocycles. The number of hydrogen-bond acceptors (Lipinski definition) is 4. The molecule has 0 aromatic heterocycles.